The van der Waals surface area contributed by atoms with Crippen LogP contribution in [0.5, 0.6) is 0 Å². The standard InChI is InChI=1S/C27H36N2O2/c1-4-25(27(31)28-24-10-5-6-11-24)29(19-23-9-7-8-21(3)18-23)26(30)17-16-22-14-12-20(2)13-15-22/h7-9,12-15,18,24-25H,4-6,10-11,16-17,19H2,1-3H3,(H,28,31)/t25-/m1/s1. The molecule has 0 unspecified atom stereocenters. The molecule has 0 heterocycles. The first-order valence-electron chi connectivity index (χ1n) is 11.7. The maximum absolute atomic E-state index is 13.4. The number of aryl methyl sites for hydroxylation is 3. The van der Waals surface area contributed by atoms with E-state index in [0.717, 1.165) is 29.5 Å². The molecule has 1 aliphatic carbocycles. The summed E-state index contributed by atoms with van der Waals surface area (Å²) in [7, 11) is 0. The first-order valence-corrected chi connectivity index (χ1v) is 11.7. The molecule has 1 N–H and O–H groups in total. The van der Waals surface area contributed by atoms with E-state index in [0.29, 0.717) is 25.8 Å². The third-order valence-electron chi connectivity index (χ3n) is 6.27. The SMILES string of the molecule is CC[C@H](C(=O)NC1CCCC1)N(Cc1cccc(C)c1)C(=O)CCc1ccc(C)cc1. The molecule has 4 heteroatoms. The minimum atomic E-state index is -0.438. The van der Waals surface area contributed by atoms with Crippen LogP contribution in [0, 0.1) is 13.8 Å². The van der Waals surface area contributed by atoms with Crippen LogP contribution in [0.15, 0.2) is 48.5 Å². The smallest absolute Gasteiger partial charge is 0.243 e. The molecule has 0 saturated heterocycles. The maximum Gasteiger partial charge on any atom is 0.243 e. The van der Waals surface area contributed by atoms with E-state index in [-0.39, 0.29) is 17.9 Å². The maximum atomic E-state index is 13.4. The zero-order valence-electron chi connectivity index (χ0n) is 19.2. The summed E-state index contributed by atoms with van der Waals surface area (Å²) in [6, 6.07) is 16.3. The van der Waals surface area contributed by atoms with Crippen LogP contribution in [-0.2, 0) is 22.6 Å². The molecule has 31 heavy (non-hydrogen) atoms. The van der Waals surface area contributed by atoms with Crippen molar-refractivity contribution in [2.75, 3.05) is 0 Å². The average Bonchev–Trinajstić information content (AvgIpc) is 3.26. The second kappa shape index (κ2) is 11.1. The highest BCUT2D eigenvalue weighted by Crippen LogP contribution is 2.20. The minimum Gasteiger partial charge on any atom is -0.352 e. The Morgan fingerprint density at radius 1 is 1.00 bits per heavy atom. The highest BCUT2D eigenvalue weighted by molar-refractivity contribution is 5.88. The van der Waals surface area contributed by atoms with Gasteiger partial charge in [0.15, 0.2) is 0 Å². The Kier molecular flexibility index (Phi) is 8.27. The molecule has 1 fully saturated rings. The van der Waals surface area contributed by atoms with Crippen molar-refractivity contribution in [3.63, 3.8) is 0 Å². The molecule has 0 aliphatic heterocycles. The molecule has 166 valence electrons. The van der Waals surface area contributed by atoms with Crippen LogP contribution in [0.4, 0.5) is 0 Å². The Bertz CT molecular complexity index is 869. The van der Waals surface area contributed by atoms with Gasteiger partial charge in [-0.1, -0.05) is 79.4 Å². The summed E-state index contributed by atoms with van der Waals surface area (Å²) in [5.74, 6) is 0.0289. The van der Waals surface area contributed by atoms with Crippen molar-refractivity contribution in [3.05, 3.63) is 70.8 Å². The van der Waals surface area contributed by atoms with Crippen molar-refractivity contribution in [2.45, 2.75) is 84.3 Å². The van der Waals surface area contributed by atoms with Gasteiger partial charge in [0.05, 0.1) is 0 Å². The van der Waals surface area contributed by atoms with E-state index >= 15 is 0 Å². The lowest BCUT2D eigenvalue weighted by atomic mass is 10.0. The molecule has 2 amide bonds. The van der Waals surface area contributed by atoms with Gasteiger partial charge in [-0.15, -0.1) is 0 Å². The number of carbonyl (C=O) groups excluding carboxylic acids is 2. The van der Waals surface area contributed by atoms with Gasteiger partial charge in [-0.2, -0.15) is 0 Å². The van der Waals surface area contributed by atoms with Crippen LogP contribution in [0.1, 0.15) is 67.7 Å². The van der Waals surface area contributed by atoms with Gasteiger partial charge in [-0.05, 0) is 50.7 Å². The third kappa shape index (κ3) is 6.68. The zero-order valence-corrected chi connectivity index (χ0v) is 19.2. The highest BCUT2D eigenvalue weighted by Gasteiger charge is 2.30. The number of amides is 2. The molecular formula is C27H36N2O2. The molecule has 2 aromatic carbocycles. The van der Waals surface area contributed by atoms with Crippen molar-refractivity contribution in [3.8, 4) is 0 Å². The lowest BCUT2D eigenvalue weighted by Gasteiger charge is -2.31. The summed E-state index contributed by atoms with van der Waals surface area (Å²) in [5, 5.41) is 3.21. The molecule has 1 saturated carbocycles. The number of rotatable bonds is 9. The number of benzene rings is 2. The van der Waals surface area contributed by atoms with Gasteiger partial charge in [0.25, 0.3) is 0 Å². The summed E-state index contributed by atoms with van der Waals surface area (Å²) in [5.41, 5.74) is 4.59. The van der Waals surface area contributed by atoms with Crippen molar-refractivity contribution in [2.24, 2.45) is 0 Å². The molecule has 1 aliphatic rings. The fourth-order valence-electron chi connectivity index (χ4n) is 4.44. The monoisotopic (exact) mass is 420 g/mol. The van der Waals surface area contributed by atoms with Crippen molar-refractivity contribution < 1.29 is 9.59 Å². The normalized spacial score (nSPS) is 14.9. The van der Waals surface area contributed by atoms with E-state index in [4.69, 9.17) is 0 Å². The first-order chi connectivity index (χ1) is 15.0. The predicted molar refractivity (Wildman–Crippen MR) is 126 cm³/mol. The van der Waals surface area contributed by atoms with E-state index in [9.17, 15) is 9.59 Å². The highest BCUT2D eigenvalue weighted by atomic mass is 16.2. The minimum absolute atomic E-state index is 0.00858. The van der Waals surface area contributed by atoms with E-state index < -0.39 is 6.04 Å². The van der Waals surface area contributed by atoms with Crippen LogP contribution in [0.3, 0.4) is 0 Å². The Morgan fingerprint density at radius 3 is 2.35 bits per heavy atom. The first kappa shape index (κ1) is 23.1. The molecule has 4 nitrogen and oxygen atoms in total. The fraction of sp³-hybridized carbons (Fsp3) is 0.481. The van der Waals surface area contributed by atoms with Gasteiger partial charge in [0, 0.05) is 19.0 Å². The summed E-state index contributed by atoms with van der Waals surface area (Å²) >= 11 is 0. The van der Waals surface area contributed by atoms with Crippen molar-refractivity contribution >= 4 is 11.8 Å². The Hall–Kier alpha value is -2.62. The molecule has 2 aromatic rings. The largest absolute Gasteiger partial charge is 0.352 e. The van der Waals surface area contributed by atoms with Crippen LogP contribution in [0.25, 0.3) is 0 Å². The Labute approximate surface area is 187 Å². The summed E-state index contributed by atoms with van der Waals surface area (Å²) in [4.78, 5) is 28.3. The van der Waals surface area contributed by atoms with Gasteiger partial charge in [0.1, 0.15) is 6.04 Å². The number of nitrogens with zero attached hydrogens (tertiary/aromatic N) is 1. The van der Waals surface area contributed by atoms with Gasteiger partial charge in [-0.3, -0.25) is 9.59 Å². The second-order valence-corrected chi connectivity index (χ2v) is 8.91. The van der Waals surface area contributed by atoms with Gasteiger partial charge >= 0.3 is 0 Å². The predicted octanol–water partition coefficient (Wildman–Crippen LogP) is 5.10. The second-order valence-electron chi connectivity index (χ2n) is 8.91. The zero-order chi connectivity index (χ0) is 22.2. The lowest BCUT2D eigenvalue weighted by molar-refractivity contribution is -0.141. The summed E-state index contributed by atoms with van der Waals surface area (Å²) in [6.07, 6.45) is 6.13. The molecule has 0 bridgehead atoms. The van der Waals surface area contributed by atoms with Crippen LogP contribution >= 0.6 is 0 Å². The summed E-state index contributed by atoms with van der Waals surface area (Å²) < 4.78 is 0. The van der Waals surface area contributed by atoms with E-state index in [2.05, 4.69) is 55.6 Å². The van der Waals surface area contributed by atoms with Crippen LogP contribution in [-0.4, -0.2) is 28.8 Å². The number of hydrogen-bond acceptors (Lipinski definition) is 2. The fourth-order valence-corrected chi connectivity index (χ4v) is 4.44. The van der Waals surface area contributed by atoms with Gasteiger partial charge in [0.2, 0.25) is 11.8 Å². The molecule has 1 atom stereocenters. The Morgan fingerprint density at radius 2 is 1.71 bits per heavy atom. The molecule has 0 spiro atoms. The number of carbonyl (C=O) groups is 2. The molecule has 0 aromatic heterocycles. The van der Waals surface area contributed by atoms with Gasteiger partial charge < -0.3 is 10.2 Å². The van der Waals surface area contributed by atoms with Crippen LogP contribution < -0.4 is 5.32 Å². The topological polar surface area (TPSA) is 49.4 Å². The quantitative estimate of drug-likeness (QED) is 0.613. The van der Waals surface area contributed by atoms with Crippen molar-refractivity contribution in [1.82, 2.24) is 10.2 Å². The molecular weight excluding hydrogens is 384 g/mol. The number of hydrogen-bond donors (Lipinski definition) is 1. The molecule has 3 rings (SSSR count). The van der Waals surface area contributed by atoms with Gasteiger partial charge in [-0.25, -0.2) is 0 Å². The number of nitrogens with one attached hydrogen (secondary N) is 1. The average molecular weight is 421 g/mol. The van der Waals surface area contributed by atoms with E-state index in [1.807, 2.05) is 19.1 Å². The Balaban J connectivity index is 1.75. The van der Waals surface area contributed by atoms with E-state index in [1.165, 1.54) is 18.4 Å². The van der Waals surface area contributed by atoms with E-state index in [1.54, 1.807) is 4.90 Å². The summed E-state index contributed by atoms with van der Waals surface area (Å²) in [6.45, 7) is 6.57. The van der Waals surface area contributed by atoms with Crippen LogP contribution in [0.2, 0.25) is 0 Å². The third-order valence-corrected chi connectivity index (χ3v) is 6.27. The van der Waals surface area contributed by atoms with Crippen molar-refractivity contribution in [1.29, 1.82) is 0 Å². The lowest BCUT2D eigenvalue weighted by Crippen LogP contribution is -2.51. The molecule has 0 radical (unpaired) electrons.